The largest absolute Gasteiger partial charge is 0.112 e. The zero-order valence-electron chi connectivity index (χ0n) is 16.1. The number of rotatable bonds is 11. The highest BCUT2D eigenvalue weighted by atomic mass is 31.2. The average Bonchev–Trinajstić information content (AvgIpc) is 2.71. The third kappa shape index (κ3) is 4.83. The van der Waals surface area contributed by atoms with Crippen LogP contribution in [0.4, 0.5) is 0 Å². The molecule has 136 valence electrons. The molecule has 0 saturated carbocycles. The molecule has 0 aliphatic carbocycles. The highest BCUT2D eigenvalue weighted by molar-refractivity contribution is 7.93. The molecule has 1 heteroatoms. The molecule has 0 bridgehead atoms. The SMILES string of the molecule is C=C/C=C(\C=C)[P+](CCCCCCC)(c1ccccc1)c1ccccc1. The number of unbranched alkanes of at least 4 members (excludes halogenated alkanes) is 4. The quantitative estimate of drug-likeness (QED) is 0.232. The standard InChI is InChI=1S/C25H32P/c1-4-7-8-9-16-22-26(23(6-3)17-5-2,24-18-12-10-13-19-24)25-20-14-11-15-21-25/h5-6,10-15,17-21H,2-4,7-9,16,22H2,1H3/q+1/b23-17+. The molecular formula is C25H32P+. The Morgan fingerprint density at radius 2 is 1.35 bits per heavy atom. The smallest absolute Gasteiger partial charge is 0.0989 e. The Bertz CT molecular complexity index is 658. The number of hydrogen-bond acceptors (Lipinski definition) is 0. The molecule has 0 aliphatic rings. The van der Waals surface area contributed by atoms with Gasteiger partial charge >= 0.3 is 0 Å². The first kappa shape index (κ1) is 20.4. The molecule has 0 radical (unpaired) electrons. The normalized spacial score (nSPS) is 12.0. The van der Waals surface area contributed by atoms with Crippen molar-refractivity contribution in [3.05, 3.63) is 97.4 Å². The molecule has 0 N–H and O–H groups in total. The van der Waals surface area contributed by atoms with Crippen LogP contribution in [0, 0.1) is 0 Å². The van der Waals surface area contributed by atoms with Gasteiger partial charge < -0.3 is 0 Å². The van der Waals surface area contributed by atoms with Crippen LogP contribution in [0.2, 0.25) is 0 Å². The molecule has 0 atom stereocenters. The van der Waals surface area contributed by atoms with Crippen LogP contribution in [0.15, 0.2) is 97.4 Å². The molecule has 0 aliphatic heterocycles. The Labute approximate surface area is 160 Å². The maximum absolute atomic E-state index is 4.17. The molecule has 2 aromatic carbocycles. The molecule has 0 unspecified atom stereocenters. The monoisotopic (exact) mass is 363 g/mol. The summed E-state index contributed by atoms with van der Waals surface area (Å²) in [6, 6.07) is 22.1. The Morgan fingerprint density at radius 1 is 0.808 bits per heavy atom. The molecular weight excluding hydrogens is 331 g/mol. The summed E-state index contributed by atoms with van der Waals surface area (Å²) in [5.74, 6) is 0. The summed E-state index contributed by atoms with van der Waals surface area (Å²) >= 11 is 0. The lowest BCUT2D eigenvalue weighted by Crippen LogP contribution is -2.26. The molecule has 0 amide bonds. The fraction of sp³-hybridized carbons (Fsp3) is 0.280. The van der Waals surface area contributed by atoms with Gasteiger partial charge in [0.1, 0.15) is 23.2 Å². The second-order valence-corrected chi connectivity index (χ2v) is 10.3. The summed E-state index contributed by atoms with van der Waals surface area (Å²) in [5, 5.41) is 4.21. The van der Waals surface area contributed by atoms with E-state index in [2.05, 4.69) is 92.9 Å². The van der Waals surface area contributed by atoms with Crippen LogP contribution >= 0.6 is 7.26 Å². The van der Waals surface area contributed by atoms with Gasteiger partial charge in [0.15, 0.2) is 0 Å². The minimum absolute atomic E-state index is 1.19. The summed E-state index contributed by atoms with van der Waals surface area (Å²) in [4.78, 5) is 0. The van der Waals surface area contributed by atoms with Gasteiger partial charge in [0.25, 0.3) is 0 Å². The summed E-state index contributed by atoms with van der Waals surface area (Å²) in [6.07, 6.45) is 13.8. The number of allylic oxidation sites excluding steroid dienone is 4. The molecule has 2 rings (SSSR count). The maximum Gasteiger partial charge on any atom is 0.112 e. The van der Waals surface area contributed by atoms with Crippen LogP contribution in [-0.4, -0.2) is 6.16 Å². The van der Waals surface area contributed by atoms with Crippen molar-refractivity contribution < 1.29 is 0 Å². The average molecular weight is 364 g/mol. The van der Waals surface area contributed by atoms with E-state index in [1.807, 2.05) is 6.08 Å². The van der Waals surface area contributed by atoms with E-state index in [0.29, 0.717) is 0 Å². The van der Waals surface area contributed by atoms with Crippen LogP contribution < -0.4 is 10.6 Å². The number of hydrogen-bond donors (Lipinski definition) is 0. The highest BCUT2D eigenvalue weighted by Crippen LogP contribution is 2.64. The van der Waals surface area contributed by atoms with Gasteiger partial charge in [-0.15, -0.1) is 0 Å². The fourth-order valence-corrected chi connectivity index (χ4v) is 8.02. The summed E-state index contributed by atoms with van der Waals surface area (Å²) in [5.41, 5.74) is 0. The van der Waals surface area contributed by atoms with E-state index < -0.39 is 7.26 Å². The molecule has 0 saturated heterocycles. The molecule has 0 spiro atoms. The van der Waals surface area contributed by atoms with Crippen molar-refractivity contribution in [2.75, 3.05) is 6.16 Å². The summed E-state index contributed by atoms with van der Waals surface area (Å²) in [7, 11) is -1.70. The Kier molecular flexibility index (Phi) is 8.59. The predicted molar refractivity (Wildman–Crippen MR) is 121 cm³/mol. The van der Waals surface area contributed by atoms with Crippen LogP contribution in [0.3, 0.4) is 0 Å². The first-order valence-electron chi connectivity index (χ1n) is 9.74. The topological polar surface area (TPSA) is 0 Å². The van der Waals surface area contributed by atoms with E-state index in [0.717, 1.165) is 0 Å². The molecule has 0 aromatic heterocycles. The Balaban J connectivity index is 2.54. The lowest BCUT2D eigenvalue weighted by Gasteiger charge is -2.28. The molecule has 2 aromatic rings. The third-order valence-electron chi connectivity index (χ3n) is 4.93. The van der Waals surface area contributed by atoms with Gasteiger partial charge in [0.2, 0.25) is 0 Å². The minimum Gasteiger partial charge on any atom is -0.0989 e. The fourth-order valence-electron chi connectivity index (χ4n) is 3.62. The van der Waals surface area contributed by atoms with Gasteiger partial charge in [-0.3, -0.25) is 0 Å². The van der Waals surface area contributed by atoms with Crippen molar-refractivity contribution in [1.29, 1.82) is 0 Å². The van der Waals surface area contributed by atoms with Crippen LogP contribution in [0.1, 0.15) is 39.0 Å². The lowest BCUT2D eigenvalue weighted by atomic mass is 10.2. The summed E-state index contributed by atoms with van der Waals surface area (Å²) in [6.45, 7) is 10.4. The maximum atomic E-state index is 4.17. The zero-order chi connectivity index (χ0) is 18.7. The number of benzene rings is 2. The van der Waals surface area contributed by atoms with Gasteiger partial charge in [-0.1, -0.05) is 81.8 Å². The molecule has 0 fully saturated rings. The second kappa shape index (κ2) is 10.9. The molecule has 26 heavy (non-hydrogen) atoms. The third-order valence-corrected chi connectivity index (χ3v) is 9.49. The van der Waals surface area contributed by atoms with Gasteiger partial charge in [-0.05, 0) is 49.3 Å². The predicted octanol–water partition coefficient (Wildman–Crippen LogP) is 6.88. The van der Waals surface area contributed by atoms with E-state index in [-0.39, 0.29) is 0 Å². The lowest BCUT2D eigenvalue weighted by molar-refractivity contribution is 0.658. The summed E-state index contributed by atoms with van der Waals surface area (Å²) < 4.78 is 0. The molecule has 0 heterocycles. The van der Waals surface area contributed by atoms with E-state index in [1.165, 1.54) is 54.2 Å². The van der Waals surface area contributed by atoms with Crippen LogP contribution in [0.5, 0.6) is 0 Å². The zero-order valence-corrected chi connectivity index (χ0v) is 17.0. The minimum atomic E-state index is -1.70. The van der Waals surface area contributed by atoms with Gasteiger partial charge in [-0.25, -0.2) is 0 Å². The first-order chi connectivity index (χ1) is 12.8. The van der Waals surface area contributed by atoms with Crippen molar-refractivity contribution in [2.24, 2.45) is 0 Å². The molecule has 0 nitrogen and oxygen atoms in total. The van der Waals surface area contributed by atoms with Gasteiger partial charge in [0.05, 0.1) is 6.16 Å². The van der Waals surface area contributed by atoms with E-state index >= 15 is 0 Å². The van der Waals surface area contributed by atoms with Crippen molar-refractivity contribution in [2.45, 2.75) is 39.0 Å². The van der Waals surface area contributed by atoms with Crippen LogP contribution in [0.25, 0.3) is 0 Å². The second-order valence-electron chi connectivity index (χ2n) is 6.65. The van der Waals surface area contributed by atoms with Crippen molar-refractivity contribution in [3.63, 3.8) is 0 Å². The Morgan fingerprint density at radius 3 is 1.81 bits per heavy atom. The Hall–Kier alpha value is -1.91. The highest BCUT2D eigenvalue weighted by Gasteiger charge is 2.45. The first-order valence-corrected chi connectivity index (χ1v) is 11.7. The van der Waals surface area contributed by atoms with E-state index in [1.54, 1.807) is 0 Å². The van der Waals surface area contributed by atoms with E-state index in [4.69, 9.17) is 0 Å². The van der Waals surface area contributed by atoms with Gasteiger partial charge in [-0.2, -0.15) is 0 Å². The van der Waals surface area contributed by atoms with Gasteiger partial charge in [0, 0.05) is 0 Å². The van der Waals surface area contributed by atoms with Crippen LogP contribution in [-0.2, 0) is 0 Å². The van der Waals surface area contributed by atoms with Crippen molar-refractivity contribution in [1.82, 2.24) is 0 Å². The van der Waals surface area contributed by atoms with E-state index in [9.17, 15) is 0 Å². The van der Waals surface area contributed by atoms with Crippen molar-refractivity contribution >= 4 is 17.9 Å². The van der Waals surface area contributed by atoms with Crippen molar-refractivity contribution in [3.8, 4) is 0 Å².